The molecule has 1 aliphatic heterocycles. The molecule has 4 heteroatoms. The molecule has 3 nitrogen and oxygen atoms in total. The first-order valence-corrected chi connectivity index (χ1v) is 7.04. The topological polar surface area (TPSA) is 41.1 Å². The van der Waals surface area contributed by atoms with E-state index in [4.69, 9.17) is 0 Å². The highest BCUT2D eigenvalue weighted by Crippen LogP contribution is 2.20. The van der Waals surface area contributed by atoms with Crippen LogP contribution in [0.25, 0.3) is 0 Å². The van der Waals surface area contributed by atoms with Crippen LogP contribution in [0.2, 0.25) is 0 Å². The maximum atomic E-state index is 11.9. The van der Waals surface area contributed by atoms with E-state index in [1.807, 2.05) is 5.41 Å². The molecule has 0 spiro atoms. The van der Waals surface area contributed by atoms with Gasteiger partial charge in [-0.25, -0.2) is 0 Å². The average Bonchev–Trinajstić information content (AvgIpc) is 2.65. The van der Waals surface area contributed by atoms with Gasteiger partial charge in [0, 0.05) is 11.4 Å². The molecule has 0 aliphatic carbocycles. The molecule has 2 N–H and O–H groups in total. The van der Waals surface area contributed by atoms with E-state index >= 15 is 0 Å². The van der Waals surface area contributed by atoms with Crippen LogP contribution in [-0.2, 0) is 4.79 Å². The van der Waals surface area contributed by atoms with Crippen LogP contribution >= 0.6 is 11.8 Å². The van der Waals surface area contributed by atoms with Gasteiger partial charge in [0.25, 0.3) is 5.91 Å². The normalized spacial score (nSPS) is 19.5. The molecule has 1 rings (SSSR count). The number of carbonyl (C=O) groups excluding carboxylic acids is 1. The van der Waals surface area contributed by atoms with Gasteiger partial charge in [-0.05, 0) is 19.8 Å². The molecule has 1 unspecified atom stereocenters. The molecule has 0 fully saturated rings. The minimum absolute atomic E-state index is 0.0451. The summed E-state index contributed by atoms with van der Waals surface area (Å²) in [5.41, 5.74) is 0.717. The summed E-state index contributed by atoms with van der Waals surface area (Å²) in [4.78, 5) is 11.9. The third-order valence-corrected chi connectivity index (χ3v) is 3.50. The predicted octanol–water partition coefficient (Wildman–Crippen LogP) is 2.60. The van der Waals surface area contributed by atoms with Crippen LogP contribution in [0.15, 0.2) is 11.1 Å². The molecular weight excluding hydrogens is 220 g/mol. The van der Waals surface area contributed by atoms with Crippen molar-refractivity contribution in [3.8, 4) is 0 Å². The molecular formula is C12H22N2OS. The van der Waals surface area contributed by atoms with Gasteiger partial charge in [-0.15, -0.1) is 11.8 Å². The van der Waals surface area contributed by atoms with Crippen molar-refractivity contribution >= 4 is 17.7 Å². The largest absolute Gasteiger partial charge is 0.368 e. The predicted molar refractivity (Wildman–Crippen MR) is 70.0 cm³/mol. The minimum atomic E-state index is 0.0451. The summed E-state index contributed by atoms with van der Waals surface area (Å²) in [6.07, 6.45) is 4.36. The molecule has 0 radical (unpaired) electrons. The number of carbonyl (C=O) groups is 1. The van der Waals surface area contributed by atoms with Gasteiger partial charge in [0.15, 0.2) is 0 Å². The van der Waals surface area contributed by atoms with E-state index in [2.05, 4.69) is 31.4 Å². The smallest absolute Gasteiger partial charge is 0.268 e. The first-order valence-electron chi connectivity index (χ1n) is 6.10. The number of amides is 1. The van der Waals surface area contributed by atoms with Gasteiger partial charge in [0.2, 0.25) is 0 Å². The van der Waals surface area contributed by atoms with Gasteiger partial charge in [0.1, 0.15) is 5.70 Å². The summed E-state index contributed by atoms with van der Waals surface area (Å²) in [6.45, 7) is 6.36. The second kappa shape index (κ2) is 6.84. The zero-order valence-corrected chi connectivity index (χ0v) is 11.2. The maximum absolute atomic E-state index is 11.9. The molecule has 0 aromatic heterocycles. The van der Waals surface area contributed by atoms with Gasteiger partial charge < -0.3 is 10.6 Å². The van der Waals surface area contributed by atoms with E-state index in [1.54, 1.807) is 11.8 Å². The number of hydrogen-bond donors (Lipinski definition) is 2. The Bertz CT molecular complexity index is 260. The second-order valence-electron chi connectivity index (χ2n) is 4.20. The van der Waals surface area contributed by atoms with Crippen molar-refractivity contribution in [2.45, 2.75) is 57.9 Å². The van der Waals surface area contributed by atoms with Crippen LogP contribution < -0.4 is 10.6 Å². The highest BCUT2D eigenvalue weighted by atomic mass is 32.2. The standard InChI is InChI=1S/C12H22N2OS/c1-4-6-10(7-5-2)14-12(15)11-8-16-9(3)13-11/h8-10,13H,4-7H2,1-3H3,(H,14,15). The van der Waals surface area contributed by atoms with Crippen LogP contribution in [0.5, 0.6) is 0 Å². The fourth-order valence-corrected chi connectivity index (χ4v) is 2.54. The van der Waals surface area contributed by atoms with Gasteiger partial charge >= 0.3 is 0 Å². The quantitative estimate of drug-likeness (QED) is 0.752. The Morgan fingerprint density at radius 2 is 2.12 bits per heavy atom. The van der Waals surface area contributed by atoms with Crippen LogP contribution in [-0.4, -0.2) is 17.3 Å². The van der Waals surface area contributed by atoms with E-state index in [9.17, 15) is 4.79 Å². The summed E-state index contributed by atoms with van der Waals surface area (Å²) in [5, 5.41) is 8.48. The number of hydrogen-bond acceptors (Lipinski definition) is 3. The summed E-state index contributed by atoms with van der Waals surface area (Å²) >= 11 is 1.65. The van der Waals surface area contributed by atoms with Gasteiger partial charge in [-0.3, -0.25) is 4.79 Å². The first kappa shape index (κ1) is 13.4. The average molecular weight is 242 g/mol. The summed E-state index contributed by atoms with van der Waals surface area (Å²) in [7, 11) is 0. The molecule has 0 bridgehead atoms. The molecule has 0 aromatic rings. The van der Waals surface area contributed by atoms with E-state index < -0.39 is 0 Å². The van der Waals surface area contributed by atoms with Crippen LogP contribution in [0.4, 0.5) is 0 Å². The number of thioether (sulfide) groups is 1. The van der Waals surface area contributed by atoms with E-state index in [1.165, 1.54) is 0 Å². The molecule has 1 heterocycles. The Morgan fingerprint density at radius 1 is 1.50 bits per heavy atom. The fourth-order valence-electron chi connectivity index (χ4n) is 1.82. The van der Waals surface area contributed by atoms with Crippen molar-refractivity contribution in [1.29, 1.82) is 0 Å². The molecule has 1 aliphatic rings. The van der Waals surface area contributed by atoms with E-state index in [0.29, 0.717) is 11.4 Å². The van der Waals surface area contributed by atoms with Crippen LogP contribution in [0, 0.1) is 0 Å². The van der Waals surface area contributed by atoms with Crippen molar-refractivity contribution in [2.75, 3.05) is 0 Å². The zero-order chi connectivity index (χ0) is 12.0. The van der Waals surface area contributed by atoms with E-state index in [-0.39, 0.29) is 5.91 Å². The third kappa shape index (κ3) is 4.08. The minimum Gasteiger partial charge on any atom is -0.368 e. The van der Waals surface area contributed by atoms with Crippen LogP contribution in [0.1, 0.15) is 46.5 Å². The molecule has 0 saturated carbocycles. The molecule has 0 aromatic carbocycles. The SMILES string of the molecule is CCCC(CCC)NC(=O)C1=CSC(C)N1. The lowest BCUT2D eigenvalue weighted by atomic mass is 10.1. The van der Waals surface area contributed by atoms with E-state index in [0.717, 1.165) is 31.4 Å². The van der Waals surface area contributed by atoms with Gasteiger partial charge in [0.05, 0.1) is 5.37 Å². The molecule has 0 saturated heterocycles. The van der Waals surface area contributed by atoms with Crippen molar-refractivity contribution in [2.24, 2.45) is 0 Å². The van der Waals surface area contributed by atoms with Crippen molar-refractivity contribution in [3.63, 3.8) is 0 Å². The lowest BCUT2D eigenvalue weighted by Gasteiger charge is -2.18. The zero-order valence-electron chi connectivity index (χ0n) is 10.4. The lowest BCUT2D eigenvalue weighted by molar-refractivity contribution is -0.118. The van der Waals surface area contributed by atoms with Crippen molar-refractivity contribution in [3.05, 3.63) is 11.1 Å². The maximum Gasteiger partial charge on any atom is 0.268 e. The Labute approximate surface area is 102 Å². The lowest BCUT2D eigenvalue weighted by Crippen LogP contribution is -2.38. The summed E-state index contributed by atoms with van der Waals surface area (Å²) in [5.74, 6) is 0.0451. The van der Waals surface area contributed by atoms with Crippen molar-refractivity contribution in [1.82, 2.24) is 10.6 Å². The summed E-state index contributed by atoms with van der Waals surface area (Å²) < 4.78 is 0. The van der Waals surface area contributed by atoms with Gasteiger partial charge in [-0.1, -0.05) is 26.7 Å². The summed E-state index contributed by atoms with van der Waals surface area (Å²) in [6, 6.07) is 0.325. The molecule has 1 amide bonds. The highest BCUT2D eigenvalue weighted by molar-refractivity contribution is 8.02. The molecule has 92 valence electrons. The second-order valence-corrected chi connectivity index (χ2v) is 5.42. The Hall–Kier alpha value is -0.640. The third-order valence-electron chi connectivity index (χ3n) is 2.60. The Morgan fingerprint density at radius 3 is 2.56 bits per heavy atom. The Balaban J connectivity index is 2.41. The van der Waals surface area contributed by atoms with Crippen molar-refractivity contribution < 1.29 is 4.79 Å². The number of nitrogens with one attached hydrogen (secondary N) is 2. The molecule has 16 heavy (non-hydrogen) atoms. The highest BCUT2D eigenvalue weighted by Gasteiger charge is 2.20. The van der Waals surface area contributed by atoms with Crippen LogP contribution in [0.3, 0.4) is 0 Å². The first-order chi connectivity index (χ1) is 7.67. The Kier molecular flexibility index (Phi) is 5.74. The fraction of sp³-hybridized carbons (Fsp3) is 0.750. The van der Waals surface area contributed by atoms with Gasteiger partial charge in [-0.2, -0.15) is 0 Å². The number of rotatable bonds is 6. The monoisotopic (exact) mass is 242 g/mol. The molecule has 1 atom stereocenters.